The number of ether oxygens (including phenoxy) is 1. The standard InChI is InChI=1S/C15H19N3O2S/c1-9-4-6-18-15-11(9)12(16)13(21-15)14(19)17-7-5-10-3-2-8-20-10/h4,6,10H,2-3,5,7-8,16H2,1H3,(H,17,19). The molecule has 112 valence electrons. The summed E-state index contributed by atoms with van der Waals surface area (Å²) in [5, 5.41) is 3.83. The first-order valence-electron chi connectivity index (χ1n) is 7.20. The molecule has 5 nitrogen and oxygen atoms in total. The largest absolute Gasteiger partial charge is 0.397 e. The third kappa shape index (κ3) is 2.87. The molecule has 1 unspecified atom stereocenters. The van der Waals surface area contributed by atoms with E-state index < -0.39 is 0 Å². The van der Waals surface area contributed by atoms with Gasteiger partial charge >= 0.3 is 0 Å². The van der Waals surface area contributed by atoms with Crippen LogP contribution in [-0.4, -0.2) is 30.1 Å². The van der Waals surface area contributed by atoms with Crippen molar-refractivity contribution in [2.75, 3.05) is 18.9 Å². The maximum atomic E-state index is 12.3. The topological polar surface area (TPSA) is 77.2 Å². The van der Waals surface area contributed by atoms with Crippen molar-refractivity contribution in [3.8, 4) is 0 Å². The number of rotatable bonds is 4. The molecule has 1 saturated heterocycles. The van der Waals surface area contributed by atoms with Crippen LogP contribution in [0.1, 0.15) is 34.5 Å². The number of amides is 1. The van der Waals surface area contributed by atoms with Crippen molar-refractivity contribution in [2.24, 2.45) is 0 Å². The molecule has 1 atom stereocenters. The van der Waals surface area contributed by atoms with Crippen LogP contribution < -0.4 is 11.1 Å². The highest BCUT2D eigenvalue weighted by Crippen LogP contribution is 2.34. The average Bonchev–Trinajstić information content (AvgIpc) is 3.08. The first-order chi connectivity index (χ1) is 10.2. The van der Waals surface area contributed by atoms with Crippen molar-refractivity contribution in [3.63, 3.8) is 0 Å². The Morgan fingerprint density at radius 2 is 2.48 bits per heavy atom. The molecule has 0 saturated carbocycles. The molecular formula is C15H19N3O2S. The van der Waals surface area contributed by atoms with Crippen LogP contribution in [0.25, 0.3) is 10.2 Å². The van der Waals surface area contributed by atoms with E-state index in [0.717, 1.165) is 41.6 Å². The summed E-state index contributed by atoms with van der Waals surface area (Å²) in [6.45, 7) is 3.43. The van der Waals surface area contributed by atoms with Gasteiger partial charge in [-0.05, 0) is 37.8 Å². The van der Waals surface area contributed by atoms with Gasteiger partial charge in [-0.2, -0.15) is 0 Å². The molecule has 1 aliphatic heterocycles. The molecule has 0 radical (unpaired) electrons. The van der Waals surface area contributed by atoms with Gasteiger partial charge in [0.1, 0.15) is 9.71 Å². The monoisotopic (exact) mass is 305 g/mol. The number of hydrogen-bond acceptors (Lipinski definition) is 5. The molecule has 0 bridgehead atoms. The first kappa shape index (κ1) is 14.3. The fourth-order valence-corrected chi connectivity index (χ4v) is 3.73. The van der Waals surface area contributed by atoms with Crippen LogP contribution in [0.5, 0.6) is 0 Å². The van der Waals surface area contributed by atoms with Gasteiger partial charge in [0, 0.05) is 24.7 Å². The zero-order valence-electron chi connectivity index (χ0n) is 12.0. The van der Waals surface area contributed by atoms with E-state index in [1.165, 1.54) is 11.3 Å². The van der Waals surface area contributed by atoms with Crippen molar-refractivity contribution >= 4 is 33.1 Å². The van der Waals surface area contributed by atoms with E-state index in [4.69, 9.17) is 10.5 Å². The molecular weight excluding hydrogens is 286 g/mol. The third-order valence-electron chi connectivity index (χ3n) is 3.82. The predicted octanol–water partition coefficient (Wildman–Crippen LogP) is 2.49. The molecule has 2 aromatic rings. The molecule has 0 spiro atoms. The van der Waals surface area contributed by atoms with Crippen LogP contribution in [0.2, 0.25) is 0 Å². The van der Waals surface area contributed by atoms with Crippen LogP contribution in [0, 0.1) is 6.92 Å². The van der Waals surface area contributed by atoms with Gasteiger partial charge in [-0.1, -0.05) is 0 Å². The fraction of sp³-hybridized carbons (Fsp3) is 0.467. The van der Waals surface area contributed by atoms with Gasteiger partial charge in [0.25, 0.3) is 5.91 Å². The zero-order chi connectivity index (χ0) is 14.8. The van der Waals surface area contributed by atoms with E-state index in [1.54, 1.807) is 6.20 Å². The van der Waals surface area contributed by atoms with E-state index in [9.17, 15) is 4.79 Å². The number of nitrogens with zero attached hydrogens (tertiary/aromatic N) is 1. The number of hydrogen-bond donors (Lipinski definition) is 2. The van der Waals surface area contributed by atoms with E-state index >= 15 is 0 Å². The summed E-state index contributed by atoms with van der Waals surface area (Å²) in [7, 11) is 0. The maximum absolute atomic E-state index is 12.3. The highest BCUT2D eigenvalue weighted by molar-refractivity contribution is 7.21. The molecule has 1 fully saturated rings. The van der Waals surface area contributed by atoms with Crippen molar-refractivity contribution in [2.45, 2.75) is 32.3 Å². The Morgan fingerprint density at radius 1 is 1.62 bits per heavy atom. The third-order valence-corrected chi connectivity index (χ3v) is 4.93. The Balaban J connectivity index is 1.69. The number of carbonyl (C=O) groups is 1. The minimum absolute atomic E-state index is 0.118. The summed E-state index contributed by atoms with van der Waals surface area (Å²) in [6.07, 6.45) is 5.09. The number of fused-ring (bicyclic) bond motifs is 1. The minimum Gasteiger partial charge on any atom is -0.397 e. The smallest absolute Gasteiger partial charge is 0.263 e. The lowest BCUT2D eigenvalue weighted by molar-refractivity contribution is 0.0911. The number of carbonyl (C=O) groups excluding carboxylic acids is 1. The molecule has 1 aliphatic rings. The summed E-state index contributed by atoms with van der Waals surface area (Å²) in [5.74, 6) is -0.118. The molecule has 0 aromatic carbocycles. The Kier molecular flexibility index (Phi) is 4.07. The van der Waals surface area contributed by atoms with Crippen LogP contribution in [-0.2, 0) is 4.74 Å². The summed E-state index contributed by atoms with van der Waals surface area (Å²) in [5.41, 5.74) is 7.71. The van der Waals surface area contributed by atoms with Crippen molar-refractivity contribution in [1.82, 2.24) is 10.3 Å². The van der Waals surface area contributed by atoms with E-state index in [2.05, 4.69) is 10.3 Å². The van der Waals surface area contributed by atoms with E-state index in [1.807, 2.05) is 13.0 Å². The van der Waals surface area contributed by atoms with Crippen molar-refractivity contribution in [3.05, 3.63) is 22.7 Å². The number of anilines is 1. The predicted molar refractivity (Wildman–Crippen MR) is 84.7 cm³/mol. The van der Waals surface area contributed by atoms with Crippen LogP contribution in [0.3, 0.4) is 0 Å². The summed E-state index contributed by atoms with van der Waals surface area (Å²) in [6, 6.07) is 1.91. The highest BCUT2D eigenvalue weighted by atomic mass is 32.1. The second-order valence-electron chi connectivity index (χ2n) is 5.33. The average molecular weight is 305 g/mol. The molecule has 1 amide bonds. The Morgan fingerprint density at radius 3 is 3.19 bits per heavy atom. The van der Waals surface area contributed by atoms with Gasteiger partial charge in [0.15, 0.2) is 0 Å². The quantitative estimate of drug-likeness (QED) is 0.910. The van der Waals surface area contributed by atoms with Gasteiger partial charge in [-0.25, -0.2) is 4.98 Å². The second-order valence-corrected chi connectivity index (χ2v) is 6.33. The molecule has 6 heteroatoms. The summed E-state index contributed by atoms with van der Waals surface area (Å²) >= 11 is 1.35. The lowest BCUT2D eigenvalue weighted by Crippen LogP contribution is -2.26. The van der Waals surface area contributed by atoms with Gasteiger partial charge in [0.2, 0.25) is 0 Å². The van der Waals surface area contributed by atoms with E-state index in [-0.39, 0.29) is 12.0 Å². The summed E-state index contributed by atoms with van der Waals surface area (Å²) in [4.78, 5) is 17.9. The molecule has 0 aliphatic carbocycles. The van der Waals surface area contributed by atoms with Crippen molar-refractivity contribution < 1.29 is 9.53 Å². The Hall–Kier alpha value is -1.66. The number of nitrogens with one attached hydrogen (secondary N) is 1. The second kappa shape index (κ2) is 5.99. The van der Waals surface area contributed by atoms with Crippen LogP contribution in [0.4, 0.5) is 5.69 Å². The molecule has 3 rings (SSSR count). The minimum atomic E-state index is -0.118. The molecule has 3 N–H and O–H groups in total. The van der Waals surface area contributed by atoms with Crippen LogP contribution in [0.15, 0.2) is 12.3 Å². The number of pyridine rings is 1. The lowest BCUT2D eigenvalue weighted by Gasteiger charge is -2.09. The van der Waals surface area contributed by atoms with Gasteiger partial charge < -0.3 is 15.8 Å². The number of thiophene rings is 1. The van der Waals surface area contributed by atoms with Gasteiger partial charge in [0.05, 0.1) is 11.8 Å². The lowest BCUT2D eigenvalue weighted by atomic mass is 10.1. The van der Waals surface area contributed by atoms with Crippen molar-refractivity contribution in [1.29, 1.82) is 0 Å². The zero-order valence-corrected chi connectivity index (χ0v) is 12.8. The van der Waals surface area contributed by atoms with Gasteiger partial charge in [-0.15, -0.1) is 11.3 Å². The SMILES string of the molecule is Cc1ccnc2sc(C(=O)NCCC3CCCO3)c(N)c12. The maximum Gasteiger partial charge on any atom is 0.263 e. The van der Waals surface area contributed by atoms with E-state index in [0.29, 0.717) is 17.1 Å². The Labute approximate surface area is 127 Å². The molecule has 21 heavy (non-hydrogen) atoms. The normalized spacial score (nSPS) is 18.2. The number of nitrogen functional groups attached to an aromatic ring is 1. The Bertz CT molecular complexity index is 662. The highest BCUT2D eigenvalue weighted by Gasteiger charge is 2.19. The fourth-order valence-electron chi connectivity index (χ4n) is 2.67. The summed E-state index contributed by atoms with van der Waals surface area (Å²) < 4.78 is 5.54. The number of nitrogens with two attached hydrogens (primary N) is 1. The molecule has 3 heterocycles. The number of aromatic nitrogens is 1. The van der Waals surface area contributed by atoms with Crippen LogP contribution >= 0.6 is 11.3 Å². The first-order valence-corrected chi connectivity index (χ1v) is 8.02. The van der Waals surface area contributed by atoms with Gasteiger partial charge in [-0.3, -0.25) is 4.79 Å². The number of aryl methyl sites for hydroxylation is 1. The molecule has 2 aromatic heterocycles.